The smallest absolute Gasteiger partial charge is 0.305 e. The van der Waals surface area contributed by atoms with Gasteiger partial charge in [0.1, 0.15) is 23.7 Å². The lowest BCUT2D eigenvalue weighted by Gasteiger charge is -2.29. The minimum atomic E-state index is -0.505. The molecule has 0 radical (unpaired) electrons. The second-order valence-corrected chi connectivity index (χ2v) is 7.35. The van der Waals surface area contributed by atoms with Gasteiger partial charge in [0.2, 0.25) is 11.8 Å². The van der Waals surface area contributed by atoms with Crippen molar-refractivity contribution in [3.05, 3.63) is 46.9 Å². The Bertz CT molecular complexity index is 1020. The summed E-state index contributed by atoms with van der Waals surface area (Å²) in [6.45, 7) is 0.752. The van der Waals surface area contributed by atoms with Crippen molar-refractivity contribution in [1.29, 1.82) is 0 Å². The predicted octanol–water partition coefficient (Wildman–Crippen LogP) is 3.42. The number of pyridine rings is 2. The summed E-state index contributed by atoms with van der Waals surface area (Å²) in [6, 6.07) is 6.29. The SMILES string of the molecule is COc1nccc2ccc(NC3CCC(CNc4ncc([N+](=O)[O-])cn4)CC3)nc12. The molecule has 0 amide bonds. The maximum absolute atomic E-state index is 10.7. The normalized spacial score (nSPS) is 18.7. The van der Waals surface area contributed by atoms with Crippen LogP contribution in [0.3, 0.4) is 0 Å². The highest BCUT2D eigenvalue weighted by molar-refractivity contribution is 5.84. The number of nitrogens with one attached hydrogen (secondary N) is 2. The molecule has 1 aliphatic carbocycles. The first-order valence-corrected chi connectivity index (χ1v) is 9.89. The summed E-state index contributed by atoms with van der Waals surface area (Å²) in [6.07, 6.45) is 8.36. The van der Waals surface area contributed by atoms with E-state index in [2.05, 4.69) is 30.6 Å². The highest BCUT2D eigenvalue weighted by Crippen LogP contribution is 2.28. The van der Waals surface area contributed by atoms with Gasteiger partial charge in [0, 0.05) is 24.2 Å². The zero-order valence-electron chi connectivity index (χ0n) is 16.6. The second kappa shape index (κ2) is 8.85. The molecule has 156 valence electrons. The number of ether oxygens (including phenoxy) is 1. The summed E-state index contributed by atoms with van der Waals surface area (Å²) in [7, 11) is 1.60. The van der Waals surface area contributed by atoms with Crippen molar-refractivity contribution in [3.63, 3.8) is 0 Å². The van der Waals surface area contributed by atoms with E-state index in [1.165, 1.54) is 12.4 Å². The number of hydrogen-bond donors (Lipinski definition) is 2. The van der Waals surface area contributed by atoms with Crippen molar-refractivity contribution in [2.24, 2.45) is 5.92 Å². The Morgan fingerprint density at radius 2 is 1.90 bits per heavy atom. The third-order valence-electron chi connectivity index (χ3n) is 5.36. The van der Waals surface area contributed by atoms with Crippen molar-refractivity contribution >= 4 is 28.4 Å². The third-order valence-corrected chi connectivity index (χ3v) is 5.36. The largest absolute Gasteiger partial charge is 0.479 e. The Hall–Kier alpha value is -3.56. The molecule has 4 rings (SSSR count). The van der Waals surface area contributed by atoms with Gasteiger partial charge in [-0.1, -0.05) is 0 Å². The molecular weight excluding hydrogens is 386 g/mol. The van der Waals surface area contributed by atoms with Crippen molar-refractivity contribution in [2.75, 3.05) is 24.3 Å². The zero-order valence-corrected chi connectivity index (χ0v) is 16.6. The fourth-order valence-electron chi connectivity index (χ4n) is 3.71. The van der Waals surface area contributed by atoms with Gasteiger partial charge >= 0.3 is 5.69 Å². The summed E-state index contributed by atoms with van der Waals surface area (Å²) >= 11 is 0. The molecule has 1 fully saturated rings. The summed E-state index contributed by atoms with van der Waals surface area (Å²) < 4.78 is 5.32. The number of methoxy groups -OCH3 is 1. The Labute approximate surface area is 173 Å². The number of nitro groups is 1. The molecule has 10 heteroatoms. The quantitative estimate of drug-likeness (QED) is 0.445. The van der Waals surface area contributed by atoms with Gasteiger partial charge in [-0.3, -0.25) is 10.1 Å². The molecule has 2 N–H and O–H groups in total. The molecule has 0 unspecified atom stereocenters. The number of nitrogens with zero attached hydrogens (tertiary/aromatic N) is 5. The van der Waals surface area contributed by atoms with Gasteiger partial charge in [-0.25, -0.2) is 19.9 Å². The number of fused-ring (bicyclic) bond motifs is 1. The Morgan fingerprint density at radius 3 is 2.60 bits per heavy atom. The van der Waals surface area contributed by atoms with Crippen LogP contribution in [0.2, 0.25) is 0 Å². The standard InChI is InChI=1S/C20H23N7O3/c1-30-19-18-14(8-9-21-19)4-7-17(26-18)25-15-5-2-13(3-6-15)10-22-20-23-11-16(12-24-20)27(28)29/h4,7-9,11-13,15H,2-3,5-6,10H2,1H3,(H,25,26)(H,22,23,24). The lowest BCUT2D eigenvalue weighted by molar-refractivity contribution is -0.385. The lowest BCUT2D eigenvalue weighted by Crippen LogP contribution is -2.29. The van der Waals surface area contributed by atoms with Crippen molar-refractivity contribution in [2.45, 2.75) is 31.7 Å². The van der Waals surface area contributed by atoms with Gasteiger partial charge in [0.15, 0.2) is 0 Å². The first kappa shape index (κ1) is 19.7. The van der Waals surface area contributed by atoms with Crippen molar-refractivity contribution in [3.8, 4) is 5.88 Å². The number of hydrogen-bond acceptors (Lipinski definition) is 9. The van der Waals surface area contributed by atoms with E-state index >= 15 is 0 Å². The molecule has 0 spiro atoms. The summed E-state index contributed by atoms with van der Waals surface area (Å²) in [4.78, 5) is 27.0. The maximum atomic E-state index is 10.7. The van der Waals surface area contributed by atoms with E-state index in [0.717, 1.165) is 48.9 Å². The van der Waals surface area contributed by atoms with E-state index < -0.39 is 4.92 Å². The van der Waals surface area contributed by atoms with Crippen LogP contribution in [-0.4, -0.2) is 44.6 Å². The molecule has 3 heterocycles. The van der Waals surface area contributed by atoms with Crippen LogP contribution in [0.25, 0.3) is 10.9 Å². The first-order chi connectivity index (χ1) is 14.6. The predicted molar refractivity (Wildman–Crippen MR) is 113 cm³/mol. The summed E-state index contributed by atoms with van der Waals surface area (Å²) in [5, 5.41) is 18.4. The molecular formula is C20H23N7O3. The van der Waals surface area contributed by atoms with Gasteiger partial charge in [0.05, 0.1) is 12.0 Å². The third kappa shape index (κ3) is 4.53. The summed E-state index contributed by atoms with van der Waals surface area (Å²) in [5.74, 6) is 2.29. The maximum Gasteiger partial charge on any atom is 0.305 e. The van der Waals surface area contributed by atoms with Crippen LogP contribution in [0.5, 0.6) is 5.88 Å². The van der Waals surface area contributed by atoms with E-state index in [9.17, 15) is 10.1 Å². The topological polar surface area (TPSA) is 128 Å². The molecule has 0 saturated heterocycles. The zero-order chi connectivity index (χ0) is 20.9. The van der Waals surface area contributed by atoms with E-state index in [1.54, 1.807) is 13.3 Å². The van der Waals surface area contributed by atoms with Gasteiger partial charge in [-0.15, -0.1) is 0 Å². The van der Waals surface area contributed by atoms with Gasteiger partial charge in [-0.2, -0.15) is 0 Å². The van der Waals surface area contributed by atoms with E-state index in [4.69, 9.17) is 4.74 Å². The number of aromatic nitrogens is 4. The van der Waals surface area contributed by atoms with E-state index in [0.29, 0.717) is 23.8 Å². The average molecular weight is 409 g/mol. The van der Waals surface area contributed by atoms with Crippen LogP contribution >= 0.6 is 0 Å². The summed E-state index contributed by atoms with van der Waals surface area (Å²) in [5.41, 5.74) is 0.647. The van der Waals surface area contributed by atoms with Crippen LogP contribution in [0, 0.1) is 16.0 Å². The number of anilines is 2. The minimum absolute atomic E-state index is 0.108. The highest BCUT2D eigenvalue weighted by Gasteiger charge is 2.22. The van der Waals surface area contributed by atoms with Gasteiger partial charge in [0.25, 0.3) is 0 Å². The monoisotopic (exact) mass is 409 g/mol. The van der Waals surface area contributed by atoms with Crippen molar-refractivity contribution < 1.29 is 9.66 Å². The van der Waals surface area contributed by atoms with Crippen LogP contribution < -0.4 is 15.4 Å². The highest BCUT2D eigenvalue weighted by atomic mass is 16.6. The molecule has 3 aromatic heterocycles. The molecule has 30 heavy (non-hydrogen) atoms. The van der Waals surface area contributed by atoms with Crippen LogP contribution in [0.1, 0.15) is 25.7 Å². The van der Waals surface area contributed by atoms with Crippen molar-refractivity contribution in [1.82, 2.24) is 19.9 Å². The molecule has 1 saturated carbocycles. The fraction of sp³-hybridized carbons (Fsp3) is 0.400. The number of rotatable bonds is 7. The van der Waals surface area contributed by atoms with Gasteiger partial charge < -0.3 is 15.4 Å². The molecule has 0 aliphatic heterocycles. The van der Waals surface area contributed by atoms with Crippen LogP contribution in [0.4, 0.5) is 17.5 Å². The second-order valence-electron chi connectivity index (χ2n) is 7.35. The Balaban J connectivity index is 1.28. The molecule has 0 atom stereocenters. The fourth-order valence-corrected chi connectivity index (χ4v) is 3.71. The van der Waals surface area contributed by atoms with Crippen LogP contribution in [0.15, 0.2) is 36.8 Å². The Morgan fingerprint density at radius 1 is 1.13 bits per heavy atom. The molecule has 1 aliphatic rings. The van der Waals surface area contributed by atoms with Crippen LogP contribution in [-0.2, 0) is 0 Å². The minimum Gasteiger partial charge on any atom is -0.479 e. The molecule has 3 aromatic rings. The van der Waals surface area contributed by atoms with E-state index in [-0.39, 0.29) is 5.69 Å². The average Bonchev–Trinajstić information content (AvgIpc) is 2.78. The van der Waals surface area contributed by atoms with E-state index in [1.807, 2.05) is 18.2 Å². The lowest BCUT2D eigenvalue weighted by atomic mass is 9.86. The first-order valence-electron chi connectivity index (χ1n) is 9.89. The molecule has 10 nitrogen and oxygen atoms in total. The molecule has 0 bridgehead atoms. The molecule has 0 aromatic carbocycles. The van der Waals surface area contributed by atoms with Gasteiger partial charge in [-0.05, 0) is 49.8 Å². The Kier molecular flexibility index (Phi) is 5.82.